The van der Waals surface area contributed by atoms with E-state index in [0.29, 0.717) is 28.1 Å². The van der Waals surface area contributed by atoms with Gasteiger partial charge in [-0.15, -0.1) is 0 Å². The zero-order valence-corrected chi connectivity index (χ0v) is 11.4. The summed E-state index contributed by atoms with van der Waals surface area (Å²) in [4.78, 5) is 0. The minimum Gasteiger partial charge on any atom is -0.490 e. The zero-order chi connectivity index (χ0) is 13.1. The van der Waals surface area contributed by atoms with Crippen LogP contribution in [0.5, 0.6) is 5.75 Å². The third-order valence-corrected chi connectivity index (χ3v) is 3.11. The molecule has 1 aromatic carbocycles. The molecule has 96 valence electrons. The Morgan fingerprint density at radius 1 is 1.33 bits per heavy atom. The Kier molecular flexibility index (Phi) is 3.99. The molecule has 2 aromatic rings. The molecule has 0 aliphatic carbocycles. The lowest BCUT2D eigenvalue weighted by Crippen LogP contribution is -2.06. The number of hydrogen-bond donors (Lipinski definition) is 1. The van der Waals surface area contributed by atoms with E-state index in [1.54, 1.807) is 23.0 Å². The Hall–Kier alpha value is -1.39. The van der Waals surface area contributed by atoms with E-state index < -0.39 is 0 Å². The summed E-state index contributed by atoms with van der Waals surface area (Å²) < 4.78 is 7.39. The number of rotatable bonds is 4. The molecule has 0 spiro atoms. The predicted molar refractivity (Wildman–Crippen MR) is 73.3 cm³/mol. The Balaban J connectivity index is 2.01. The monoisotopic (exact) mass is 285 g/mol. The highest BCUT2D eigenvalue weighted by atomic mass is 35.5. The van der Waals surface area contributed by atoms with Crippen molar-refractivity contribution in [3.05, 3.63) is 40.1 Å². The minimum absolute atomic E-state index is 0.421. The summed E-state index contributed by atoms with van der Waals surface area (Å²) in [6.07, 6.45) is 2.48. The van der Waals surface area contributed by atoms with Crippen LogP contribution >= 0.6 is 23.2 Å². The molecular formula is C12H13Cl2N3O. The van der Waals surface area contributed by atoms with Gasteiger partial charge >= 0.3 is 0 Å². The predicted octanol–water partition coefficient (Wildman–Crippen LogP) is 2.93. The van der Waals surface area contributed by atoms with E-state index in [1.807, 2.05) is 13.1 Å². The van der Waals surface area contributed by atoms with Crippen LogP contribution in [-0.2, 0) is 13.5 Å². The Morgan fingerprint density at radius 2 is 2.00 bits per heavy atom. The number of nitrogens with zero attached hydrogens (tertiary/aromatic N) is 2. The molecule has 0 radical (unpaired) electrons. The third kappa shape index (κ3) is 2.89. The summed E-state index contributed by atoms with van der Waals surface area (Å²) in [5.41, 5.74) is 7.22. The number of aromatic nitrogens is 2. The van der Waals surface area contributed by atoms with E-state index in [0.717, 1.165) is 12.1 Å². The van der Waals surface area contributed by atoms with Gasteiger partial charge in [0.15, 0.2) is 5.75 Å². The average Bonchev–Trinajstić information content (AvgIpc) is 2.68. The van der Waals surface area contributed by atoms with Crippen LogP contribution in [0, 0.1) is 0 Å². The van der Waals surface area contributed by atoms with Crippen LogP contribution < -0.4 is 10.5 Å². The van der Waals surface area contributed by atoms with E-state index >= 15 is 0 Å². The molecule has 0 bridgehead atoms. The Morgan fingerprint density at radius 3 is 2.56 bits per heavy atom. The van der Waals surface area contributed by atoms with Gasteiger partial charge in [-0.1, -0.05) is 23.2 Å². The maximum Gasteiger partial charge on any atom is 0.156 e. The number of nitrogens with two attached hydrogens (primary N) is 1. The van der Waals surface area contributed by atoms with Crippen molar-refractivity contribution in [3.8, 4) is 5.75 Å². The second-order valence-corrected chi connectivity index (χ2v) is 4.67. The highest BCUT2D eigenvalue weighted by molar-refractivity contribution is 6.37. The summed E-state index contributed by atoms with van der Waals surface area (Å²) in [6, 6.07) is 5.18. The summed E-state index contributed by atoms with van der Waals surface area (Å²) in [5.74, 6) is 0.467. The molecule has 0 aliphatic heterocycles. The van der Waals surface area contributed by atoms with Gasteiger partial charge in [-0.05, 0) is 18.2 Å². The van der Waals surface area contributed by atoms with Crippen LogP contribution in [0.3, 0.4) is 0 Å². The maximum absolute atomic E-state index is 6.02. The van der Waals surface area contributed by atoms with Crippen molar-refractivity contribution in [2.24, 2.45) is 7.05 Å². The van der Waals surface area contributed by atoms with Gasteiger partial charge in [0.05, 0.1) is 16.7 Å². The molecule has 1 aromatic heterocycles. The fraction of sp³-hybridized carbons (Fsp3) is 0.250. The highest BCUT2D eigenvalue weighted by Crippen LogP contribution is 2.35. The van der Waals surface area contributed by atoms with Crippen molar-refractivity contribution in [3.63, 3.8) is 0 Å². The number of nitrogen functional groups attached to an aromatic ring is 1. The largest absolute Gasteiger partial charge is 0.490 e. The summed E-state index contributed by atoms with van der Waals surface area (Å²) >= 11 is 12.0. The molecule has 0 amide bonds. The summed E-state index contributed by atoms with van der Waals surface area (Å²) in [6.45, 7) is 0.475. The fourth-order valence-corrected chi connectivity index (χ4v) is 2.23. The van der Waals surface area contributed by atoms with Crippen LogP contribution in [0.1, 0.15) is 5.69 Å². The number of aryl methyl sites for hydroxylation is 1. The van der Waals surface area contributed by atoms with Crippen LogP contribution in [0.25, 0.3) is 0 Å². The van der Waals surface area contributed by atoms with Crippen molar-refractivity contribution in [1.29, 1.82) is 0 Å². The van der Waals surface area contributed by atoms with Crippen LogP contribution in [0.4, 0.5) is 5.69 Å². The molecule has 6 heteroatoms. The van der Waals surface area contributed by atoms with Gasteiger partial charge in [0.1, 0.15) is 0 Å². The lowest BCUT2D eigenvalue weighted by molar-refractivity contribution is 0.319. The van der Waals surface area contributed by atoms with E-state index in [9.17, 15) is 0 Å². The first-order valence-electron chi connectivity index (χ1n) is 5.42. The highest BCUT2D eigenvalue weighted by Gasteiger charge is 2.09. The minimum atomic E-state index is 0.421. The molecule has 2 rings (SSSR count). The van der Waals surface area contributed by atoms with Gasteiger partial charge in [0.25, 0.3) is 0 Å². The summed E-state index contributed by atoms with van der Waals surface area (Å²) in [7, 11) is 1.89. The Labute approximate surface area is 115 Å². The Bertz CT molecular complexity index is 531. The molecule has 0 fully saturated rings. The molecule has 0 saturated heterocycles. The quantitative estimate of drug-likeness (QED) is 0.879. The molecule has 0 unspecified atom stereocenters. The molecular weight excluding hydrogens is 273 g/mol. The number of hydrogen-bond acceptors (Lipinski definition) is 3. The van der Waals surface area contributed by atoms with Crippen molar-refractivity contribution in [2.75, 3.05) is 12.3 Å². The first kappa shape index (κ1) is 13.1. The maximum atomic E-state index is 6.02. The van der Waals surface area contributed by atoms with Crippen molar-refractivity contribution in [1.82, 2.24) is 9.78 Å². The van der Waals surface area contributed by atoms with Gasteiger partial charge in [0.2, 0.25) is 0 Å². The van der Waals surface area contributed by atoms with E-state index in [-0.39, 0.29) is 0 Å². The molecule has 4 nitrogen and oxygen atoms in total. The van der Waals surface area contributed by atoms with Crippen LogP contribution in [0.2, 0.25) is 10.0 Å². The van der Waals surface area contributed by atoms with Gasteiger partial charge in [-0.2, -0.15) is 5.10 Å². The second kappa shape index (κ2) is 5.50. The average molecular weight is 286 g/mol. The lowest BCUT2D eigenvalue weighted by Gasteiger charge is -2.10. The number of benzene rings is 1. The SMILES string of the molecule is Cn1nccc1CCOc1c(Cl)cc(N)cc1Cl. The third-order valence-electron chi connectivity index (χ3n) is 2.55. The van der Waals surface area contributed by atoms with Crippen LogP contribution in [-0.4, -0.2) is 16.4 Å². The van der Waals surface area contributed by atoms with E-state index in [1.165, 1.54) is 0 Å². The normalized spacial score (nSPS) is 10.6. The van der Waals surface area contributed by atoms with Crippen LogP contribution in [0.15, 0.2) is 24.4 Å². The van der Waals surface area contributed by atoms with Gasteiger partial charge < -0.3 is 10.5 Å². The van der Waals surface area contributed by atoms with Crippen molar-refractivity contribution >= 4 is 28.9 Å². The molecule has 1 heterocycles. The summed E-state index contributed by atoms with van der Waals surface area (Å²) in [5, 5.41) is 4.92. The van der Waals surface area contributed by atoms with Crippen molar-refractivity contribution in [2.45, 2.75) is 6.42 Å². The van der Waals surface area contributed by atoms with Crippen molar-refractivity contribution < 1.29 is 4.74 Å². The lowest BCUT2D eigenvalue weighted by atomic mass is 10.3. The first-order valence-corrected chi connectivity index (χ1v) is 6.17. The smallest absolute Gasteiger partial charge is 0.156 e. The topological polar surface area (TPSA) is 53.1 Å². The van der Waals surface area contributed by atoms with Gasteiger partial charge in [0, 0.05) is 31.0 Å². The van der Waals surface area contributed by atoms with E-state index in [2.05, 4.69) is 5.10 Å². The second-order valence-electron chi connectivity index (χ2n) is 3.86. The molecule has 2 N–H and O–H groups in total. The zero-order valence-electron chi connectivity index (χ0n) is 9.86. The molecule has 0 aliphatic rings. The molecule has 18 heavy (non-hydrogen) atoms. The number of anilines is 1. The number of halogens is 2. The van der Waals surface area contributed by atoms with Gasteiger partial charge in [-0.3, -0.25) is 4.68 Å². The molecule has 0 atom stereocenters. The van der Waals surface area contributed by atoms with Gasteiger partial charge in [-0.25, -0.2) is 0 Å². The first-order chi connectivity index (χ1) is 8.58. The fourth-order valence-electron chi connectivity index (χ4n) is 1.62. The molecule has 0 saturated carbocycles. The van der Waals surface area contributed by atoms with E-state index in [4.69, 9.17) is 33.7 Å². The standard InChI is InChI=1S/C12H13Cl2N3O/c1-17-9(2-4-16-17)3-5-18-12-10(13)6-8(15)7-11(12)14/h2,4,6-7H,3,5,15H2,1H3. The number of ether oxygens (including phenoxy) is 1.